The van der Waals surface area contributed by atoms with Crippen LogP contribution in [0.1, 0.15) is 49.0 Å². The fraction of sp³-hybridized carbons (Fsp3) is 0.320. The van der Waals surface area contributed by atoms with E-state index in [1.807, 2.05) is 30.3 Å². The van der Waals surface area contributed by atoms with Gasteiger partial charge in [0.2, 0.25) is 0 Å². The molecule has 2 heterocycles. The molecule has 0 spiro atoms. The summed E-state index contributed by atoms with van der Waals surface area (Å²) in [7, 11) is 0. The van der Waals surface area contributed by atoms with Gasteiger partial charge in [0, 0.05) is 55.5 Å². The molecule has 0 bridgehead atoms. The van der Waals surface area contributed by atoms with E-state index < -0.39 is 0 Å². The summed E-state index contributed by atoms with van der Waals surface area (Å²) < 4.78 is 1.84. The van der Waals surface area contributed by atoms with Crippen LogP contribution in [0.25, 0.3) is 16.5 Å². The van der Waals surface area contributed by atoms with E-state index in [-0.39, 0.29) is 5.91 Å². The molecule has 1 amide bonds. The van der Waals surface area contributed by atoms with Crippen LogP contribution in [-0.4, -0.2) is 34.9 Å². The van der Waals surface area contributed by atoms with Crippen LogP contribution in [-0.2, 0) is 0 Å². The molecule has 1 atom stereocenters. The highest BCUT2D eigenvalue weighted by molar-refractivity contribution is 14.1. The van der Waals surface area contributed by atoms with Crippen molar-refractivity contribution < 1.29 is 4.79 Å². The van der Waals surface area contributed by atoms with Crippen molar-refractivity contribution in [3.8, 4) is 0 Å². The van der Waals surface area contributed by atoms with Gasteiger partial charge in [-0.2, -0.15) is 0 Å². The molecular weight excluding hydrogens is 565 g/mol. The zero-order valence-electron chi connectivity index (χ0n) is 17.8. The molecule has 0 saturated carbocycles. The quantitative estimate of drug-likeness (QED) is 0.301. The van der Waals surface area contributed by atoms with Crippen LogP contribution in [0.15, 0.2) is 53.1 Å². The number of H-pyrrole nitrogens is 1. The molecule has 4 nitrogen and oxygen atoms in total. The van der Waals surface area contributed by atoms with Crippen molar-refractivity contribution >= 4 is 66.6 Å². The first kappa shape index (κ1) is 22.6. The van der Waals surface area contributed by atoms with Gasteiger partial charge in [-0.15, -0.1) is 0 Å². The molecule has 3 aromatic rings. The van der Waals surface area contributed by atoms with Crippen molar-refractivity contribution in [1.82, 2.24) is 9.88 Å². The standard InChI is InChI=1S/C25H27BrIN3O/c1-3-5-16(2)30-12-10-17(11-13-30)21-15-28-23-9-8-18(14-20(21)23)29-25(31)19-6-4-7-22(27)24(19)26/h4,6-10,14-16,28H,3,5,11-13H2,1-2H3,(H,29,31). The van der Waals surface area contributed by atoms with Gasteiger partial charge in [-0.05, 0) is 94.2 Å². The number of nitrogens with one attached hydrogen (secondary N) is 2. The van der Waals surface area contributed by atoms with Gasteiger partial charge in [0.15, 0.2) is 0 Å². The van der Waals surface area contributed by atoms with E-state index in [2.05, 4.69) is 85.9 Å². The van der Waals surface area contributed by atoms with Crippen LogP contribution < -0.4 is 5.32 Å². The molecule has 0 radical (unpaired) electrons. The minimum atomic E-state index is -0.112. The minimum absolute atomic E-state index is 0.112. The van der Waals surface area contributed by atoms with Crippen molar-refractivity contribution in [3.63, 3.8) is 0 Å². The third-order valence-corrected chi connectivity index (χ3v) is 8.55. The van der Waals surface area contributed by atoms with E-state index in [1.165, 1.54) is 24.0 Å². The third kappa shape index (κ3) is 4.91. The molecule has 0 saturated heterocycles. The summed E-state index contributed by atoms with van der Waals surface area (Å²) >= 11 is 5.75. The Labute approximate surface area is 205 Å². The highest BCUT2D eigenvalue weighted by Crippen LogP contribution is 2.32. The van der Waals surface area contributed by atoms with E-state index in [9.17, 15) is 4.79 Å². The zero-order valence-corrected chi connectivity index (χ0v) is 21.6. The highest BCUT2D eigenvalue weighted by atomic mass is 127. The maximum absolute atomic E-state index is 12.8. The lowest BCUT2D eigenvalue weighted by atomic mass is 9.97. The average Bonchev–Trinajstić information content (AvgIpc) is 3.19. The van der Waals surface area contributed by atoms with Crippen LogP contribution in [0.4, 0.5) is 5.69 Å². The molecule has 31 heavy (non-hydrogen) atoms. The van der Waals surface area contributed by atoms with Crippen LogP contribution in [0.2, 0.25) is 0 Å². The van der Waals surface area contributed by atoms with Crippen molar-refractivity contribution in [2.45, 2.75) is 39.2 Å². The smallest absolute Gasteiger partial charge is 0.256 e. The van der Waals surface area contributed by atoms with Gasteiger partial charge in [0.05, 0.1) is 5.56 Å². The lowest BCUT2D eigenvalue weighted by Crippen LogP contribution is -2.36. The Morgan fingerprint density at radius 2 is 2.16 bits per heavy atom. The van der Waals surface area contributed by atoms with Crippen molar-refractivity contribution in [2.24, 2.45) is 0 Å². The van der Waals surface area contributed by atoms with Crippen LogP contribution in [0.3, 0.4) is 0 Å². The Morgan fingerprint density at radius 3 is 2.90 bits per heavy atom. The Balaban J connectivity index is 1.56. The number of nitrogens with zero attached hydrogens (tertiary/aromatic N) is 1. The number of hydrogen-bond donors (Lipinski definition) is 2. The molecule has 1 unspecified atom stereocenters. The monoisotopic (exact) mass is 591 g/mol. The average molecular weight is 592 g/mol. The zero-order chi connectivity index (χ0) is 22.0. The number of carbonyl (C=O) groups is 1. The van der Waals surface area contributed by atoms with E-state index in [0.29, 0.717) is 11.6 Å². The fourth-order valence-electron chi connectivity index (χ4n) is 4.27. The maximum Gasteiger partial charge on any atom is 0.256 e. The third-order valence-electron chi connectivity index (χ3n) is 6.05. The van der Waals surface area contributed by atoms with Crippen LogP contribution in [0, 0.1) is 3.57 Å². The van der Waals surface area contributed by atoms with Gasteiger partial charge in [-0.25, -0.2) is 0 Å². The maximum atomic E-state index is 12.8. The first-order valence-electron chi connectivity index (χ1n) is 10.8. The molecule has 0 fully saturated rings. The summed E-state index contributed by atoms with van der Waals surface area (Å²) in [5.74, 6) is -0.112. The first-order valence-corrected chi connectivity index (χ1v) is 12.6. The van der Waals surface area contributed by atoms with Gasteiger partial charge in [-0.3, -0.25) is 9.69 Å². The summed E-state index contributed by atoms with van der Waals surface area (Å²) in [6.07, 6.45) is 7.99. The molecule has 2 aromatic carbocycles. The first-order chi connectivity index (χ1) is 15.0. The molecular formula is C25H27BrIN3O. The summed E-state index contributed by atoms with van der Waals surface area (Å²) in [6.45, 7) is 6.67. The largest absolute Gasteiger partial charge is 0.361 e. The summed E-state index contributed by atoms with van der Waals surface area (Å²) in [4.78, 5) is 18.8. The van der Waals surface area contributed by atoms with E-state index in [1.54, 1.807) is 0 Å². The second kappa shape index (κ2) is 9.88. The Hall–Kier alpha value is -1.64. The van der Waals surface area contributed by atoms with Gasteiger partial charge in [-0.1, -0.05) is 25.5 Å². The number of benzene rings is 2. The number of anilines is 1. The second-order valence-electron chi connectivity index (χ2n) is 8.13. The lowest BCUT2D eigenvalue weighted by molar-refractivity contribution is 0.102. The molecule has 2 N–H and O–H groups in total. The number of rotatable bonds is 6. The molecule has 1 aliphatic heterocycles. The molecule has 1 aliphatic rings. The number of hydrogen-bond acceptors (Lipinski definition) is 2. The molecule has 0 aliphatic carbocycles. The predicted molar refractivity (Wildman–Crippen MR) is 142 cm³/mol. The van der Waals surface area contributed by atoms with E-state index in [4.69, 9.17) is 0 Å². The summed E-state index contributed by atoms with van der Waals surface area (Å²) in [6, 6.07) is 12.4. The van der Waals surface area contributed by atoms with Gasteiger partial charge in [0.25, 0.3) is 5.91 Å². The SMILES string of the molecule is CCCC(C)N1CC=C(c2c[nH]c3ccc(NC(=O)c4cccc(I)c4Br)cc23)CC1. The molecule has 162 valence electrons. The number of fused-ring (bicyclic) bond motifs is 1. The topological polar surface area (TPSA) is 48.1 Å². The van der Waals surface area contributed by atoms with E-state index in [0.717, 1.165) is 44.1 Å². The summed E-state index contributed by atoms with van der Waals surface area (Å²) in [5.41, 5.74) is 5.15. The van der Waals surface area contributed by atoms with E-state index >= 15 is 0 Å². The van der Waals surface area contributed by atoms with Crippen LogP contribution in [0.5, 0.6) is 0 Å². The Morgan fingerprint density at radius 1 is 1.32 bits per heavy atom. The number of aromatic nitrogens is 1. The minimum Gasteiger partial charge on any atom is -0.361 e. The van der Waals surface area contributed by atoms with Crippen LogP contribution >= 0.6 is 38.5 Å². The predicted octanol–water partition coefficient (Wildman–Crippen LogP) is 7.07. The normalized spacial score (nSPS) is 15.7. The van der Waals surface area contributed by atoms with Crippen molar-refractivity contribution in [3.05, 3.63) is 67.8 Å². The number of amides is 1. The van der Waals surface area contributed by atoms with Gasteiger partial charge in [0.1, 0.15) is 0 Å². The van der Waals surface area contributed by atoms with Crippen molar-refractivity contribution in [2.75, 3.05) is 18.4 Å². The number of halogens is 2. The Kier molecular flexibility index (Phi) is 7.19. The number of carbonyl (C=O) groups excluding carboxylic acids is 1. The highest BCUT2D eigenvalue weighted by Gasteiger charge is 2.19. The second-order valence-corrected chi connectivity index (χ2v) is 10.1. The van der Waals surface area contributed by atoms with Gasteiger partial charge >= 0.3 is 0 Å². The summed E-state index contributed by atoms with van der Waals surface area (Å²) in [5, 5.41) is 4.21. The van der Waals surface area contributed by atoms with Gasteiger partial charge < -0.3 is 10.3 Å². The molecule has 4 rings (SSSR count). The fourth-order valence-corrected chi connectivity index (χ4v) is 5.21. The molecule has 1 aromatic heterocycles. The molecule has 6 heteroatoms. The van der Waals surface area contributed by atoms with Crippen molar-refractivity contribution in [1.29, 1.82) is 0 Å². The number of aromatic amines is 1. The lowest BCUT2D eigenvalue weighted by Gasteiger charge is -2.31. The Bertz CT molecular complexity index is 1140.